The van der Waals surface area contributed by atoms with Crippen molar-refractivity contribution in [3.63, 3.8) is 0 Å². The number of rotatable bonds is 2. The van der Waals surface area contributed by atoms with Crippen molar-refractivity contribution in [2.24, 2.45) is 0 Å². The fraction of sp³-hybridized carbons (Fsp3) is 0.0769. The van der Waals surface area contributed by atoms with Crippen molar-refractivity contribution in [2.75, 3.05) is 0 Å². The van der Waals surface area contributed by atoms with Gasteiger partial charge in [0.05, 0.1) is 0 Å². The zero-order chi connectivity index (χ0) is 10.5. The van der Waals surface area contributed by atoms with Crippen LogP contribution >= 0.6 is 0 Å². The minimum absolute atomic E-state index is 0.608. The molecular formula is C13H11N2+. The van der Waals surface area contributed by atoms with Crippen LogP contribution in [0.2, 0.25) is 0 Å². The third-order valence-corrected chi connectivity index (χ3v) is 2.18. The van der Waals surface area contributed by atoms with Crippen molar-refractivity contribution >= 4 is 0 Å². The Labute approximate surface area is 89.2 Å². The summed E-state index contributed by atoms with van der Waals surface area (Å²) < 4.78 is 1.96. The molecule has 2 nitrogen and oxygen atoms in total. The molecule has 2 heteroatoms. The molecule has 0 atom stereocenters. The zero-order valence-corrected chi connectivity index (χ0v) is 8.30. The summed E-state index contributed by atoms with van der Waals surface area (Å²) in [4.78, 5) is 3.99. The van der Waals surface area contributed by atoms with Gasteiger partial charge < -0.3 is 0 Å². The molecule has 0 aromatic carbocycles. The number of pyridine rings is 2. The van der Waals surface area contributed by atoms with Crippen molar-refractivity contribution in [1.82, 2.24) is 4.98 Å². The topological polar surface area (TPSA) is 16.8 Å². The van der Waals surface area contributed by atoms with Gasteiger partial charge in [0.15, 0.2) is 12.4 Å². The minimum Gasteiger partial charge on any atom is -0.265 e. The molecule has 0 fully saturated rings. The third kappa shape index (κ3) is 2.21. The number of terminal acetylenes is 1. The summed E-state index contributed by atoms with van der Waals surface area (Å²) in [6, 6.07) is 8.07. The third-order valence-electron chi connectivity index (χ3n) is 2.18. The Morgan fingerprint density at radius 1 is 1.07 bits per heavy atom. The molecule has 15 heavy (non-hydrogen) atoms. The van der Waals surface area contributed by atoms with E-state index in [9.17, 15) is 0 Å². The van der Waals surface area contributed by atoms with Gasteiger partial charge in [-0.2, -0.15) is 4.57 Å². The smallest absolute Gasteiger partial charge is 0.208 e. The van der Waals surface area contributed by atoms with E-state index in [0.29, 0.717) is 6.54 Å². The maximum absolute atomic E-state index is 5.23. The van der Waals surface area contributed by atoms with Gasteiger partial charge in [0.1, 0.15) is 0 Å². The molecule has 0 bridgehead atoms. The Hall–Kier alpha value is -2.14. The van der Waals surface area contributed by atoms with Gasteiger partial charge in [0.25, 0.3) is 0 Å². The first kappa shape index (κ1) is 9.42. The molecule has 0 aliphatic carbocycles. The SMILES string of the molecule is C#CC[n+]1ccc(-c2ccncc2)cc1. The van der Waals surface area contributed by atoms with Gasteiger partial charge in [0, 0.05) is 24.5 Å². The number of aromatic nitrogens is 2. The highest BCUT2D eigenvalue weighted by Crippen LogP contribution is 2.15. The number of hydrogen-bond acceptors (Lipinski definition) is 1. The first-order valence-corrected chi connectivity index (χ1v) is 4.73. The van der Waals surface area contributed by atoms with Crippen LogP contribution in [0.15, 0.2) is 49.1 Å². The second kappa shape index (κ2) is 4.39. The predicted molar refractivity (Wildman–Crippen MR) is 58.7 cm³/mol. The lowest BCUT2D eigenvalue weighted by Crippen LogP contribution is -2.31. The molecule has 0 saturated heterocycles. The van der Waals surface area contributed by atoms with Crippen molar-refractivity contribution in [3.05, 3.63) is 49.1 Å². The molecular weight excluding hydrogens is 184 g/mol. The quantitative estimate of drug-likeness (QED) is 0.526. The zero-order valence-electron chi connectivity index (χ0n) is 8.30. The number of hydrogen-bond donors (Lipinski definition) is 0. The molecule has 2 aromatic rings. The number of nitrogens with zero attached hydrogens (tertiary/aromatic N) is 2. The van der Waals surface area contributed by atoms with Crippen molar-refractivity contribution < 1.29 is 4.57 Å². The Bertz CT molecular complexity index is 466. The van der Waals surface area contributed by atoms with Crippen LogP contribution in [-0.2, 0) is 6.54 Å². The van der Waals surface area contributed by atoms with Gasteiger partial charge >= 0.3 is 0 Å². The Morgan fingerprint density at radius 2 is 1.67 bits per heavy atom. The van der Waals surface area contributed by atoms with Crippen LogP contribution in [0, 0.1) is 12.3 Å². The van der Waals surface area contributed by atoms with Gasteiger partial charge in [-0.05, 0) is 29.2 Å². The fourth-order valence-corrected chi connectivity index (χ4v) is 1.40. The molecule has 0 radical (unpaired) electrons. The normalized spacial score (nSPS) is 9.53. The van der Waals surface area contributed by atoms with Gasteiger partial charge in [-0.25, -0.2) is 0 Å². The monoisotopic (exact) mass is 195 g/mol. The molecule has 0 spiro atoms. The second-order valence-corrected chi connectivity index (χ2v) is 3.20. The van der Waals surface area contributed by atoms with Crippen molar-refractivity contribution in [2.45, 2.75) is 6.54 Å². The molecule has 2 rings (SSSR count). The Kier molecular flexibility index (Phi) is 2.75. The highest BCUT2D eigenvalue weighted by Gasteiger charge is 2.00. The van der Waals surface area contributed by atoms with Gasteiger partial charge in [-0.3, -0.25) is 4.98 Å². The summed E-state index contributed by atoms with van der Waals surface area (Å²) in [5.74, 6) is 2.60. The second-order valence-electron chi connectivity index (χ2n) is 3.20. The summed E-state index contributed by atoms with van der Waals surface area (Å²) in [5.41, 5.74) is 2.34. The summed E-state index contributed by atoms with van der Waals surface area (Å²) in [6.07, 6.45) is 12.8. The Balaban J connectivity index is 2.29. The Morgan fingerprint density at radius 3 is 2.27 bits per heavy atom. The summed E-state index contributed by atoms with van der Waals surface area (Å²) in [7, 11) is 0. The van der Waals surface area contributed by atoms with E-state index in [1.807, 2.05) is 41.2 Å². The van der Waals surface area contributed by atoms with E-state index >= 15 is 0 Å². The average Bonchev–Trinajstić information content (AvgIpc) is 2.32. The van der Waals surface area contributed by atoms with Crippen LogP contribution < -0.4 is 4.57 Å². The first-order valence-electron chi connectivity index (χ1n) is 4.73. The van der Waals surface area contributed by atoms with E-state index in [1.165, 1.54) is 5.56 Å². The molecule has 0 amide bonds. The molecule has 2 aromatic heterocycles. The van der Waals surface area contributed by atoms with Crippen LogP contribution in [0.3, 0.4) is 0 Å². The summed E-state index contributed by atoms with van der Waals surface area (Å²) in [5, 5.41) is 0. The lowest BCUT2D eigenvalue weighted by molar-refractivity contribution is -0.684. The first-order chi connectivity index (χ1) is 7.40. The molecule has 0 aliphatic heterocycles. The fourth-order valence-electron chi connectivity index (χ4n) is 1.40. The van der Waals surface area contributed by atoms with Gasteiger partial charge in [0.2, 0.25) is 6.54 Å². The lowest BCUT2D eigenvalue weighted by atomic mass is 10.1. The standard InChI is InChI=1S/C13H11N2/c1-2-9-15-10-5-13(6-11-15)12-3-7-14-8-4-12/h1,3-8,10-11H,9H2/q+1. The molecule has 0 aliphatic rings. The van der Waals surface area contributed by atoms with Gasteiger partial charge in [-0.15, -0.1) is 6.42 Å². The summed E-state index contributed by atoms with van der Waals surface area (Å²) >= 11 is 0. The van der Waals surface area contributed by atoms with Crippen molar-refractivity contribution in [3.8, 4) is 23.5 Å². The maximum atomic E-state index is 5.23. The van der Waals surface area contributed by atoms with Crippen molar-refractivity contribution in [1.29, 1.82) is 0 Å². The van der Waals surface area contributed by atoms with E-state index in [4.69, 9.17) is 6.42 Å². The van der Waals surface area contributed by atoms with Crippen LogP contribution in [-0.4, -0.2) is 4.98 Å². The molecule has 0 unspecified atom stereocenters. The summed E-state index contributed by atoms with van der Waals surface area (Å²) in [6.45, 7) is 0.608. The van der Waals surface area contributed by atoms with Crippen LogP contribution in [0.25, 0.3) is 11.1 Å². The largest absolute Gasteiger partial charge is 0.265 e. The lowest BCUT2D eigenvalue weighted by Gasteiger charge is -1.98. The van der Waals surface area contributed by atoms with Crippen LogP contribution in [0.1, 0.15) is 0 Å². The highest BCUT2D eigenvalue weighted by atomic mass is 14.9. The van der Waals surface area contributed by atoms with E-state index in [0.717, 1.165) is 5.56 Å². The minimum atomic E-state index is 0.608. The average molecular weight is 195 g/mol. The predicted octanol–water partition coefficient (Wildman–Crippen LogP) is 1.67. The molecule has 72 valence electrons. The van der Waals surface area contributed by atoms with Crippen LogP contribution in [0.4, 0.5) is 0 Å². The van der Waals surface area contributed by atoms with E-state index in [2.05, 4.69) is 10.9 Å². The van der Waals surface area contributed by atoms with E-state index in [-0.39, 0.29) is 0 Å². The van der Waals surface area contributed by atoms with E-state index < -0.39 is 0 Å². The molecule has 0 saturated carbocycles. The van der Waals surface area contributed by atoms with Gasteiger partial charge in [-0.1, -0.05) is 0 Å². The maximum Gasteiger partial charge on any atom is 0.208 e. The molecule has 2 heterocycles. The molecule has 0 N–H and O–H groups in total. The van der Waals surface area contributed by atoms with E-state index in [1.54, 1.807) is 12.4 Å². The van der Waals surface area contributed by atoms with Crippen LogP contribution in [0.5, 0.6) is 0 Å². The highest BCUT2D eigenvalue weighted by molar-refractivity contribution is 5.61.